The van der Waals surface area contributed by atoms with Gasteiger partial charge in [-0.1, -0.05) is 127 Å². The normalized spacial score (nSPS) is 11.0. The average molecular weight is 623 g/mol. The fourth-order valence-corrected chi connectivity index (χ4v) is 6.81. The molecule has 7 nitrogen and oxygen atoms in total. The van der Waals surface area contributed by atoms with Crippen LogP contribution in [-0.4, -0.2) is 15.0 Å². The molecule has 0 aromatic heterocycles. The molecule has 8 heteroatoms. The molecule has 0 radical (unpaired) electrons. The zero-order chi connectivity index (χ0) is 32.5. The van der Waals surface area contributed by atoms with Gasteiger partial charge in [-0.15, -0.1) is 0 Å². The van der Waals surface area contributed by atoms with Crippen molar-refractivity contribution in [3.8, 4) is 24.3 Å². The number of benzene rings is 3. The fourth-order valence-electron chi connectivity index (χ4n) is 5.84. The Hall–Kier alpha value is -4.21. The highest BCUT2D eigenvalue weighted by atomic mass is 32.2. The second kappa shape index (κ2) is 18.6. The van der Waals surface area contributed by atoms with Gasteiger partial charge in [-0.2, -0.15) is 29.5 Å². The Morgan fingerprint density at radius 1 is 0.578 bits per heavy atom. The molecule has 45 heavy (non-hydrogen) atoms. The van der Waals surface area contributed by atoms with Crippen LogP contribution < -0.4 is 10.4 Å². The first-order chi connectivity index (χ1) is 21.9. The minimum absolute atomic E-state index is 0.0585. The van der Waals surface area contributed by atoms with Crippen molar-refractivity contribution in [2.24, 2.45) is 0 Å². The first-order valence-corrected chi connectivity index (χ1v) is 17.6. The lowest BCUT2D eigenvalue weighted by atomic mass is 9.94. The van der Waals surface area contributed by atoms with Crippen LogP contribution in [0.1, 0.15) is 103 Å². The van der Waals surface area contributed by atoms with Gasteiger partial charge in [0.15, 0.2) is 0 Å². The Morgan fingerprint density at radius 3 is 1.42 bits per heavy atom. The van der Waals surface area contributed by atoms with Gasteiger partial charge in [-0.3, -0.25) is 4.18 Å². The molecule has 0 bridgehead atoms. The lowest BCUT2D eigenvalue weighted by molar-refractivity contribution is 0.306. The van der Waals surface area contributed by atoms with E-state index in [-0.39, 0.29) is 33.3 Å². The molecule has 3 aromatic carbocycles. The monoisotopic (exact) mass is 622 g/mol. The Balaban J connectivity index is 1.64. The summed E-state index contributed by atoms with van der Waals surface area (Å²) in [5.74, 6) is 0. The fraction of sp³-hybridized carbons (Fsp3) is 0.459. The van der Waals surface area contributed by atoms with Gasteiger partial charge >= 0.3 is 0 Å². The maximum Gasteiger partial charge on any atom is 0.296 e. The minimum atomic E-state index is -4.14. The predicted molar refractivity (Wildman–Crippen MR) is 178 cm³/mol. The molecule has 3 rings (SSSR count). The largest absolute Gasteiger partial charge is 0.296 e. The molecule has 0 saturated carbocycles. The Morgan fingerprint density at radius 2 is 0.978 bits per heavy atom. The number of fused-ring (bicyclic) bond motifs is 2. The molecule has 0 aliphatic carbocycles. The molecule has 3 aromatic rings. The van der Waals surface area contributed by atoms with E-state index >= 15 is 0 Å². The maximum atomic E-state index is 13.2. The van der Waals surface area contributed by atoms with Crippen molar-refractivity contribution in [1.29, 1.82) is 21.0 Å². The molecule has 0 fully saturated rings. The standard InChI is InChI=1S/C37H42N4O3S/c1-2-3-4-5-6-7-8-9-10-11-12-13-14-15-18-23-44-45(42,43)31-21-22-34-35(24-31)37(30(27-40)28-41)33-20-17-16-19-32(33)36(34)29(25-38)26-39/h16-17,19-22,24H,2-15,18,23H2,1H3. The molecule has 0 aliphatic rings. The molecule has 0 aliphatic heterocycles. The lowest BCUT2D eigenvalue weighted by Gasteiger charge is -2.11. The minimum Gasteiger partial charge on any atom is -0.266 e. The molecule has 0 amide bonds. The summed E-state index contributed by atoms with van der Waals surface area (Å²) in [5.41, 5.74) is -0.357. The average Bonchev–Trinajstić information content (AvgIpc) is 3.06. The number of nitrogens with zero attached hydrogens (tertiary/aromatic N) is 4. The van der Waals surface area contributed by atoms with Crippen LogP contribution in [-0.2, 0) is 14.3 Å². The van der Waals surface area contributed by atoms with E-state index in [0.717, 1.165) is 19.3 Å². The van der Waals surface area contributed by atoms with E-state index < -0.39 is 10.1 Å². The van der Waals surface area contributed by atoms with Crippen LogP contribution in [0.3, 0.4) is 0 Å². The van der Waals surface area contributed by atoms with Gasteiger partial charge in [0, 0.05) is 10.4 Å². The van der Waals surface area contributed by atoms with Crippen LogP contribution in [0.4, 0.5) is 0 Å². The zero-order valence-electron chi connectivity index (χ0n) is 26.3. The molecule has 0 unspecified atom stereocenters. The van der Waals surface area contributed by atoms with Gasteiger partial charge in [0.05, 0.1) is 11.5 Å². The van der Waals surface area contributed by atoms with E-state index in [9.17, 15) is 29.5 Å². The maximum absolute atomic E-state index is 13.2. The van der Waals surface area contributed by atoms with Crippen LogP contribution in [0.5, 0.6) is 0 Å². The highest BCUT2D eigenvalue weighted by molar-refractivity contribution is 7.86. The summed E-state index contributed by atoms with van der Waals surface area (Å²) in [6, 6.07) is 18.7. The van der Waals surface area contributed by atoms with Crippen molar-refractivity contribution in [2.45, 2.75) is 108 Å². The Bertz CT molecular complexity index is 1840. The molecule has 0 N–H and O–H groups in total. The predicted octanol–water partition coefficient (Wildman–Crippen LogP) is 7.97. The number of rotatable bonds is 18. The van der Waals surface area contributed by atoms with E-state index in [2.05, 4.69) is 6.92 Å². The van der Waals surface area contributed by atoms with E-state index in [4.69, 9.17) is 4.18 Å². The molecule has 0 spiro atoms. The number of hydrogen-bond acceptors (Lipinski definition) is 7. The lowest BCUT2D eigenvalue weighted by Crippen LogP contribution is -2.19. The van der Waals surface area contributed by atoms with E-state index in [1.165, 1.54) is 88.8 Å². The summed E-state index contributed by atoms with van der Waals surface area (Å²) < 4.78 is 31.7. The van der Waals surface area contributed by atoms with Gasteiger partial charge < -0.3 is 0 Å². The third-order valence-corrected chi connectivity index (χ3v) is 9.53. The number of hydrogen-bond donors (Lipinski definition) is 0. The van der Waals surface area contributed by atoms with Crippen LogP contribution >= 0.6 is 0 Å². The van der Waals surface area contributed by atoms with E-state index in [0.29, 0.717) is 27.8 Å². The van der Waals surface area contributed by atoms with Gasteiger partial charge in [0.25, 0.3) is 10.1 Å². The van der Waals surface area contributed by atoms with Crippen LogP contribution in [0.15, 0.2) is 47.4 Å². The zero-order valence-corrected chi connectivity index (χ0v) is 27.1. The summed E-state index contributed by atoms with van der Waals surface area (Å²) in [6.07, 6.45) is 18.2. The summed E-state index contributed by atoms with van der Waals surface area (Å²) in [4.78, 5) is -0.121. The van der Waals surface area contributed by atoms with Gasteiger partial charge in [-0.25, -0.2) is 0 Å². The molecular formula is C37H42N4O3S. The number of unbranched alkanes of at least 4 members (excludes halogenated alkanes) is 14. The molecular weight excluding hydrogens is 580 g/mol. The SMILES string of the molecule is CCCCCCCCCCCCCCCCCOS(=O)(=O)c1ccc2c(=C(C#N)C#N)c3ccccc3c(=C(C#N)C#N)c2c1. The second-order valence-electron chi connectivity index (χ2n) is 11.4. The van der Waals surface area contributed by atoms with Crippen molar-refractivity contribution >= 4 is 42.8 Å². The highest BCUT2D eigenvalue weighted by Crippen LogP contribution is 2.22. The van der Waals surface area contributed by atoms with Gasteiger partial charge in [0.1, 0.15) is 35.4 Å². The van der Waals surface area contributed by atoms with Crippen LogP contribution in [0, 0.1) is 45.3 Å². The van der Waals surface area contributed by atoms with Crippen LogP contribution in [0.25, 0.3) is 32.7 Å². The van der Waals surface area contributed by atoms with Crippen molar-refractivity contribution in [3.05, 3.63) is 52.9 Å². The summed E-state index contributed by atoms with van der Waals surface area (Å²) >= 11 is 0. The third-order valence-electron chi connectivity index (χ3n) is 8.22. The molecule has 0 saturated heterocycles. The molecule has 234 valence electrons. The van der Waals surface area contributed by atoms with Crippen molar-refractivity contribution in [1.82, 2.24) is 0 Å². The van der Waals surface area contributed by atoms with Crippen molar-refractivity contribution in [2.75, 3.05) is 6.61 Å². The first kappa shape index (κ1) is 35.3. The molecule has 0 atom stereocenters. The van der Waals surface area contributed by atoms with Crippen molar-refractivity contribution < 1.29 is 12.6 Å². The van der Waals surface area contributed by atoms with E-state index in [1.807, 2.05) is 24.3 Å². The van der Waals surface area contributed by atoms with Gasteiger partial charge in [0.2, 0.25) is 0 Å². The third kappa shape index (κ3) is 9.64. The Labute approximate surface area is 267 Å². The summed E-state index contributed by atoms with van der Waals surface area (Å²) in [7, 11) is -4.14. The quantitative estimate of drug-likeness (QED) is 0.0796. The summed E-state index contributed by atoms with van der Waals surface area (Å²) in [6.45, 7) is 2.31. The van der Waals surface area contributed by atoms with Crippen LogP contribution in [0.2, 0.25) is 0 Å². The summed E-state index contributed by atoms with van der Waals surface area (Å²) in [5, 5.41) is 41.1. The Kier molecular flexibility index (Phi) is 14.6. The number of nitriles is 4. The van der Waals surface area contributed by atoms with Gasteiger partial charge in [-0.05, 0) is 40.1 Å². The smallest absolute Gasteiger partial charge is 0.266 e. The first-order valence-electron chi connectivity index (χ1n) is 16.2. The topological polar surface area (TPSA) is 139 Å². The van der Waals surface area contributed by atoms with E-state index in [1.54, 1.807) is 24.3 Å². The second-order valence-corrected chi connectivity index (χ2v) is 13.0. The van der Waals surface area contributed by atoms with Crippen molar-refractivity contribution in [3.63, 3.8) is 0 Å². The highest BCUT2D eigenvalue weighted by Gasteiger charge is 2.19. The molecule has 0 heterocycles.